The summed E-state index contributed by atoms with van der Waals surface area (Å²) in [4.78, 5) is 4.54. The van der Waals surface area contributed by atoms with Crippen LogP contribution in [0.25, 0.3) is 0 Å². The highest BCUT2D eigenvalue weighted by Crippen LogP contribution is 2.23. The predicted molar refractivity (Wildman–Crippen MR) is 79.9 cm³/mol. The highest BCUT2D eigenvalue weighted by atomic mass is 15.4. The number of benzene rings is 1. The lowest BCUT2D eigenvalue weighted by molar-refractivity contribution is 0.509. The van der Waals surface area contributed by atoms with Gasteiger partial charge in [-0.05, 0) is 5.56 Å². The Morgan fingerprint density at radius 3 is 2.50 bits per heavy atom. The molecule has 0 saturated carbocycles. The van der Waals surface area contributed by atoms with Crippen molar-refractivity contribution in [2.24, 2.45) is 5.73 Å². The smallest absolute Gasteiger partial charge is 0.150 e. The molecule has 20 heavy (non-hydrogen) atoms. The molecule has 0 amide bonds. The monoisotopic (exact) mass is 271 g/mol. The zero-order valence-corrected chi connectivity index (χ0v) is 12.0. The predicted octanol–water partition coefficient (Wildman–Crippen LogP) is 2.32. The van der Waals surface area contributed by atoms with Crippen molar-refractivity contribution in [1.29, 1.82) is 5.41 Å². The van der Waals surface area contributed by atoms with Gasteiger partial charge in [-0.2, -0.15) is 5.10 Å². The molecule has 1 aromatic carbocycles. The highest BCUT2D eigenvalue weighted by Gasteiger charge is 2.20. The van der Waals surface area contributed by atoms with E-state index in [-0.39, 0.29) is 11.9 Å². The molecule has 5 heteroatoms. The number of nitrogens with one attached hydrogen (secondary N) is 1. The summed E-state index contributed by atoms with van der Waals surface area (Å²) in [6.07, 6.45) is 2.07. The van der Waals surface area contributed by atoms with Crippen molar-refractivity contribution in [2.75, 3.05) is 0 Å². The van der Waals surface area contributed by atoms with E-state index >= 15 is 0 Å². The van der Waals surface area contributed by atoms with Gasteiger partial charge in [-0.25, -0.2) is 9.67 Å². The summed E-state index contributed by atoms with van der Waals surface area (Å²) < 4.78 is 1.93. The van der Waals surface area contributed by atoms with Crippen molar-refractivity contribution < 1.29 is 0 Å². The van der Waals surface area contributed by atoms with Crippen molar-refractivity contribution in [3.05, 3.63) is 47.5 Å². The Bertz CT molecular complexity index is 573. The first kappa shape index (κ1) is 14.2. The fourth-order valence-electron chi connectivity index (χ4n) is 2.27. The van der Waals surface area contributed by atoms with E-state index in [1.165, 1.54) is 0 Å². The number of aryl methyl sites for hydroxylation is 2. The van der Waals surface area contributed by atoms with Crippen molar-refractivity contribution in [1.82, 2.24) is 14.8 Å². The summed E-state index contributed by atoms with van der Waals surface area (Å²) in [5.74, 6) is 1.94. The van der Waals surface area contributed by atoms with Gasteiger partial charge in [0.2, 0.25) is 0 Å². The van der Waals surface area contributed by atoms with E-state index in [1.54, 1.807) is 0 Å². The molecule has 0 fully saturated rings. The maximum Gasteiger partial charge on any atom is 0.150 e. The van der Waals surface area contributed by atoms with Gasteiger partial charge in [0.25, 0.3) is 0 Å². The molecule has 1 aromatic heterocycles. The van der Waals surface area contributed by atoms with E-state index in [0.29, 0.717) is 6.42 Å². The zero-order valence-electron chi connectivity index (χ0n) is 12.0. The average Bonchev–Trinajstić information content (AvgIpc) is 2.88. The van der Waals surface area contributed by atoms with Crippen LogP contribution in [0.5, 0.6) is 0 Å². The second-order valence-corrected chi connectivity index (χ2v) is 4.75. The second-order valence-electron chi connectivity index (χ2n) is 4.75. The highest BCUT2D eigenvalue weighted by molar-refractivity contribution is 5.77. The average molecular weight is 271 g/mol. The molecule has 0 bridgehead atoms. The molecule has 2 rings (SSSR count). The van der Waals surface area contributed by atoms with Crippen LogP contribution in [0.15, 0.2) is 30.3 Å². The van der Waals surface area contributed by atoms with Gasteiger partial charge in [-0.1, -0.05) is 44.2 Å². The molecule has 0 aliphatic carbocycles. The molecule has 1 unspecified atom stereocenters. The van der Waals surface area contributed by atoms with E-state index in [1.807, 2.05) is 41.9 Å². The van der Waals surface area contributed by atoms with Gasteiger partial charge in [0, 0.05) is 19.3 Å². The molecule has 0 spiro atoms. The van der Waals surface area contributed by atoms with Crippen LogP contribution in [-0.4, -0.2) is 20.6 Å². The number of amidine groups is 1. The van der Waals surface area contributed by atoms with Crippen LogP contribution < -0.4 is 5.73 Å². The lowest BCUT2D eigenvalue weighted by Gasteiger charge is -2.19. The third-order valence-corrected chi connectivity index (χ3v) is 3.27. The molecular formula is C15H21N5. The van der Waals surface area contributed by atoms with Gasteiger partial charge in [-0.3, -0.25) is 5.41 Å². The first-order chi connectivity index (χ1) is 9.65. The van der Waals surface area contributed by atoms with Crippen LogP contribution >= 0.6 is 0 Å². The Morgan fingerprint density at radius 2 is 1.95 bits per heavy atom. The van der Waals surface area contributed by atoms with Crippen LogP contribution in [-0.2, 0) is 12.8 Å². The topological polar surface area (TPSA) is 80.6 Å². The Labute approximate surface area is 119 Å². The van der Waals surface area contributed by atoms with Gasteiger partial charge in [-0.15, -0.1) is 0 Å². The van der Waals surface area contributed by atoms with Crippen LogP contribution in [0.1, 0.15) is 43.5 Å². The number of nitrogens with zero attached hydrogens (tertiary/aromatic N) is 3. The summed E-state index contributed by atoms with van der Waals surface area (Å²) in [6.45, 7) is 4.11. The molecule has 0 aliphatic heterocycles. The zero-order chi connectivity index (χ0) is 14.5. The first-order valence-electron chi connectivity index (χ1n) is 6.97. The molecule has 0 saturated heterocycles. The third-order valence-electron chi connectivity index (χ3n) is 3.27. The lowest BCUT2D eigenvalue weighted by Crippen LogP contribution is -2.22. The van der Waals surface area contributed by atoms with Crippen LogP contribution in [0.3, 0.4) is 0 Å². The fourth-order valence-corrected chi connectivity index (χ4v) is 2.27. The van der Waals surface area contributed by atoms with E-state index in [2.05, 4.69) is 17.0 Å². The molecule has 1 heterocycles. The maximum atomic E-state index is 7.62. The Hall–Kier alpha value is -2.17. The van der Waals surface area contributed by atoms with Gasteiger partial charge < -0.3 is 5.73 Å². The summed E-state index contributed by atoms with van der Waals surface area (Å²) in [6, 6.07) is 9.99. The van der Waals surface area contributed by atoms with Crippen molar-refractivity contribution in [3.8, 4) is 0 Å². The minimum atomic E-state index is -0.0588. The van der Waals surface area contributed by atoms with Gasteiger partial charge in [0.05, 0.1) is 11.9 Å². The minimum absolute atomic E-state index is 0.0588. The number of hydrogen-bond acceptors (Lipinski definition) is 3. The van der Waals surface area contributed by atoms with Gasteiger partial charge in [0.15, 0.2) is 5.82 Å². The number of aromatic nitrogens is 3. The summed E-state index contributed by atoms with van der Waals surface area (Å²) in [5, 5.41) is 12.2. The molecular weight excluding hydrogens is 250 g/mol. The van der Waals surface area contributed by atoms with Crippen LogP contribution in [0.2, 0.25) is 0 Å². The first-order valence-corrected chi connectivity index (χ1v) is 6.97. The van der Waals surface area contributed by atoms with Crippen molar-refractivity contribution in [3.63, 3.8) is 0 Å². The Balaban J connectivity index is 2.46. The standard InChI is InChI=1S/C15H21N5/c1-3-14-18-15(4-2)20(19-14)12(10-13(16)17)11-8-6-5-7-9-11/h5-9,12H,3-4,10H2,1-2H3,(H3,16,17). The largest absolute Gasteiger partial charge is 0.388 e. The van der Waals surface area contributed by atoms with Crippen molar-refractivity contribution in [2.45, 2.75) is 39.2 Å². The normalized spacial score (nSPS) is 12.3. The maximum absolute atomic E-state index is 7.62. The summed E-state index contributed by atoms with van der Waals surface area (Å²) >= 11 is 0. The van der Waals surface area contributed by atoms with Gasteiger partial charge in [0.1, 0.15) is 5.82 Å². The van der Waals surface area contributed by atoms with E-state index < -0.39 is 0 Å². The number of nitrogens with two attached hydrogens (primary N) is 1. The molecule has 2 aromatic rings. The Morgan fingerprint density at radius 1 is 1.25 bits per heavy atom. The number of rotatable bonds is 6. The number of hydrogen-bond donors (Lipinski definition) is 2. The SMILES string of the molecule is CCc1nc(CC)n(C(CC(=N)N)c2ccccc2)n1. The molecule has 0 radical (unpaired) electrons. The second kappa shape index (κ2) is 6.32. The molecule has 1 atom stereocenters. The summed E-state index contributed by atoms with van der Waals surface area (Å²) in [5.41, 5.74) is 6.72. The fraction of sp³-hybridized carbons (Fsp3) is 0.400. The molecule has 3 N–H and O–H groups in total. The van der Waals surface area contributed by atoms with E-state index in [0.717, 1.165) is 30.1 Å². The van der Waals surface area contributed by atoms with E-state index in [4.69, 9.17) is 11.1 Å². The molecule has 5 nitrogen and oxygen atoms in total. The van der Waals surface area contributed by atoms with Crippen LogP contribution in [0, 0.1) is 5.41 Å². The lowest BCUT2D eigenvalue weighted by atomic mass is 10.0. The minimum Gasteiger partial charge on any atom is -0.388 e. The van der Waals surface area contributed by atoms with Gasteiger partial charge >= 0.3 is 0 Å². The third kappa shape index (κ3) is 3.04. The summed E-state index contributed by atoms with van der Waals surface area (Å²) in [7, 11) is 0. The molecule has 0 aliphatic rings. The quantitative estimate of drug-likeness (QED) is 0.625. The van der Waals surface area contributed by atoms with E-state index in [9.17, 15) is 0 Å². The Kier molecular flexibility index (Phi) is 4.50. The molecule has 106 valence electrons. The van der Waals surface area contributed by atoms with Crippen molar-refractivity contribution >= 4 is 5.84 Å². The van der Waals surface area contributed by atoms with Crippen LogP contribution in [0.4, 0.5) is 0 Å².